The molecular weight excluding hydrogens is 194 g/mol. The maximum atomic E-state index is 10.6. The van der Waals surface area contributed by atoms with E-state index in [0.29, 0.717) is 0 Å². The molecular formula is C10H11N3O2. The van der Waals surface area contributed by atoms with Crippen LogP contribution >= 0.6 is 0 Å². The third kappa shape index (κ3) is 1.68. The molecule has 2 aromatic rings. The van der Waals surface area contributed by atoms with Crippen LogP contribution in [0.25, 0.3) is 10.9 Å². The van der Waals surface area contributed by atoms with E-state index >= 15 is 0 Å². The predicted octanol–water partition coefficient (Wildman–Crippen LogP) is 2.42. The molecule has 0 atom stereocenters. The molecule has 0 unspecified atom stereocenters. The molecule has 15 heavy (non-hydrogen) atoms. The summed E-state index contributed by atoms with van der Waals surface area (Å²) in [5, 5.41) is 18.5. The summed E-state index contributed by atoms with van der Waals surface area (Å²) >= 11 is 0. The van der Waals surface area contributed by atoms with Crippen molar-refractivity contribution >= 4 is 16.6 Å². The molecule has 1 heterocycles. The zero-order valence-corrected chi connectivity index (χ0v) is 8.36. The summed E-state index contributed by atoms with van der Waals surface area (Å²) in [5.41, 5.74) is 1.86. The summed E-state index contributed by atoms with van der Waals surface area (Å²) in [6, 6.07) is 4.71. The Bertz CT molecular complexity index is 504. The second-order valence-electron chi connectivity index (χ2n) is 3.41. The summed E-state index contributed by atoms with van der Waals surface area (Å²) in [5.74, 6) is 0. The van der Waals surface area contributed by atoms with Gasteiger partial charge in [0.15, 0.2) is 0 Å². The van der Waals surface area contributed by atoms with Gasteiger partial charge in [-0.3, -0.25) is 15.2 Å². The number of fused-ring (bicyclic) bond motifs is 1. The first kappa shape index (κ1) is 9.64. The van der Waals surface area contributed by atoms with Crippen molar-refractivity contribution in [1.29, 1.82) is 0 Å². The van der Waals surface area contributed by atoms with Crippen molar-refractivity contribution in [2.24, 2.45) is 0 Å². The van der Waals surface area contributed by atoms with Crippen LogP contribution in [-0.4, -0.2) is 15.1 Å². The number of nitrogens with one attached hydrogen (secondary N) is 1. The maximum Gasteiger partial charge on any atom is 0.270 e. The SMILES string of the molecule is CCCc1[nH]nc2ccc([N+](=O)[O-])cc12. The highest BCUT2D eigenvalue weighted by molar-refractivity contribution is 5.83. The average molecular weight is 205 g/mol. The van der Waals surface area contributed by atoms with Crippen LogP contribution in [-0.2, 0) is 6.42 Å². The van der Waals surface area contributed by atoms with Gasteiger partial charge in [0, 0.05) is 23.2 Å². The van der Waals surface area contributed by atoms with Crippen LogP contribution in [0.2, 0.25) is 0 Å². The maximum absolute atomic E-state index is 10.6. The van der Waals surface area contributed by atoms with E-state index in [2.05, 4.69) is 17.1 Å². The number of nitrogens with zero attached hydrogens (tertiary/aromatic N) is 2. The number of benzene rings is 1. The fourth-order valence-corrected chi connectivity index (χ4v) is 1.61. The van der Waals surface area contributed by atoms with Crippen LogP contribution in [0.4, 0.5) is 5.69 Å². The summed E-state index contributed by atoms with van der Waals surface area (Å²) in [6.07, 6.45) is 1.84. The highest BCUT2D eigenvalue weighted by atomic mass is 16.6. The zero-order valence-electron chi connectivity index (χ0n) is 8.36. The Labute approximate surface area is 86.3 Å². The molecule has 0 bridgehead atoms. The van der Waals surface area contributed by atoms with Crippen molar-refractivity contribution in [2.45, 2.75) is 19.8 Å². The van der Waals surface area contributed by atoms with E-state index in [-0.39, 0.29) is 10.6 Å². The highest BCUT2D eigenvalue weighted by Gasteiger charge is 2.10. The van der Waals surface area contributed by atoms with Gasteiger partial charge in [-0.25, -0.2) is 0 Å². The molecule has 0 amide bonds. The number of aromatic amines is 1. The third-order valence-corrected chi connectivity index (χ3v) is 2.33. The molecule has 0 aliphatic carbocycles. The Morgan fingerprint density at radius 1 is 1.53 bits per heavy atom. The van der Waals surface area contributed by atoms with E-state index in [4.69, 9.17) is 0 Å². The van der Waals surface area contributed by atoms with Crippen LogP contribution < -0.4 is 0 Å². The highest BCUT2D eigenvalue weighted by Crippen LogP contribution is 2.22. The first-order valence-electron chi connectivity index (χ1n) is 4.83. The molecule has 0 aliphatic rings. The van der Waals surface area contributed by atoms with Crippen molar-refractivity contribution in [3.05, 3.63) is 34.0 Å². The molecule has 0 saturated carbocycles. The smallest absolute Gasteiger partial charge is 0.270 e. The van der Waals surface area contributed by atoms with E-state index < -0.39 is 0 Å². The first-order chi connectivity index (χ1) is 7.22. The Hall–Kier alpha value is -1.91. The van der Waals surface area contributed by atoms with Crippen LogP contribution in [0, 0.1) is 10.1 Å². The Morgan fingerprint density at radius 2 is 2.33 bits per heavy atom. The topological polar surface area (TPSA) is 71.8 Å². The quantitative estimate of drug-likeness (QED) is 0.617. The standard InChI is InChI=1S/C10H11N3O2/c1-2-3-9-8-6-7(13(14)15)4-5-10(8)12-11-9/h4-6H,2-3H2,1H3,(H,11,12). The predicted molar refractivity (Wildman–Crippen MR) is 56.7 cm³/mol. The normalized spacial score (nSPS) is 10.7. The van der Waals surface area contributed by atoms with Crippen molar-refractivity contribution < 1.29 is 4.92 Å². The number of non-ortho nitro benzene ring substituents is 1. The van der Waals surface area contributed by atoms with E-state index in [9.17, 15) is 10.1 Å². The molecule has 5 nitrogen and oxygen atoms in total. The fourth-order valence-electron chi connectivity index (χ4n) is 1.61. The van der Waals surface area contributed by atoms with Gasteiger partial charge in [0.25, 0.3) is 5.69 Å². The minimum absolute atomic E-state index is 0.112. The van der Waals surface area contributed by atoms with Gasteiger partial charge >= 0.3 is 0 Å². The van der Waals surface area contributed by atoms with Gasteiger partial charge < -0.3 is 0 Å². The van der Waals surface area contributed by atoms with Crippen molar-refractivity contribution in [3.8, 4) is 0 Å². The number of H-pyrrole nitrogens is 1. The van der Waals surface area contributed by atoms with Gasteiger partial charge in [0.1, 0.15) is 0 Å². The third-order valence-electron chi connectivity index (χ3n) is 2.33. The molecule has 0 spiro atoms. The van der Waals surface area contributed by atoms with Gasteiger partial charge in [-0.15, -0.1) is 0 Å². The Morgan fingerprint density at radius 3 is 3.00 bits per heavy atom. The van der Waals surface area contributed by atoms with E-state index in [1.165, 1.54) is 6.07 Å². The monoisotopic (exact) mass is 205 g/mol. The van der Waals surface area contributed by atoms with Crippen molar-refractivity contribution in [2.75, 3.05) is 0 Å². The molecule has 2 rings (SSSR count). The fraction of sp³-hybridized carbons (Fsp3) is 0.300. The van der Waals surface area contributed by atoms with Crippen molar-refractivity contribution in [1.82, 2.24) is 10.2 Å². The van der Waals surface area contributed by atoms with E-state index in [1.807, 2.05) is 0 Å². The molecule has 1 N–H and O–H groups in total. The number of aromatic nitrogens is 2. The molecule has 1 aromatic carbocycles. The minimum atomic E-state index is -0.387. The summed E-state index contributed by atoms with van der Waals surface area (Å²) in [6.45, 7) is 2.06. The number of nitro benzene ring substituents is 1. The number of nitro groups is 1. The molecule has 0 aliphatic heterocycles. The van der Waals surface area contributed by atoms with Gasteiger partial charge in [-0.05, 0) is 12.5 Å². The van der Waals surface area contributed by atoms with Crippen LogP contribution in [0.15, 0.2) is 18.2 Å². The van der Waals surface area contributed by atoms with E-state index in [0.717, 1.165) is 29.4 Å². The van der Waals surface area contributed by atoms with Gasteiger partial charge in [0.05, 0.1) is 10.4 Å². The number of aryl methyl sites for hydroxylation is 1. The Kier molecular flexibility index (Phi) is 2.37. The molecule has 0 saturated heterocycles. The van der Waals surface area contributed by atoms with Gasteiger partial charge in [-0.2, -0.15) is 5.10 Å². The van der Waals surface area contributed by atoms with Crippen LogP contribution in [0.5, 0.6) is 0 Å². The molecule has 78 valence electrons. The molecule has 5 heteroatoms. The molecule has 1 aromatic heterocycles. The van der Waals surface area contributed by atoms with Gasteiger partial charge in [0.2, 0.25) is 0 Å². The van der Waals surface area contributed by atoms with Crippen molar-refractivity contribution in [3.63, 3.8) is 0 Å². The molecule has 0 radical (unpaired) electrons. The first-order valence-corrected chi connectivity index (χ1v) is 4.83. The lowest BCUT2D eigenvalue weighted by atomic mass is 10.1. The summed E-state index contributed by atoms with van der Waals surface area (Å²) in [7, 11) is 0. The lowest BCUT2D eigenvalue weighted by Gasteiger charge is -1.94. The Balaban J connectivity index is 2.56. The number of rotatable bonds is 3. The van der Waals surface area contributed by atoms with Gasteiger partial charge in [-0.1, -0.05) is 13.3 Å². The van der Waals surface area contributed by atoms with Crippen LogP contribution in [0.1, 0.15) is 19.0 Å². The lowest BCUT2D eigenvalue weighted by Crippen LogP contribution is -1.88. The van der Waals surface area contributed by atoms with E-state index in [1.54, 1.807) is 12.1 Å². The molecule has 0 fully saturated rings. The lowest BCUT2D eigenvalue weighted by molar-refractivity contribution is -0.384. The summed E-state index contributed by atoms with van der Waals surface area (Å²) in [4.78, 5) is 10.2. The largest absolute Gasteiger partial charge is 0.281 e. The number of hydrogen-bond donors (Lipinski definition) is 1. The second-order valence-corrected chi connectivity index (χ2v) is 3.41. The van der Waals surface area contributed by atoms with Crippen LogP contribution in [0.3, 0.4) is 0 Å². The zero-order chi connectivity index (χ0) is 10.8. The number of hydrogen-bond acceptors (Lipinski definition) is 3. The average Bonchev–Trinajstić information content (AvgIpc) is 2.61. The summed E-state index contributed by atoms with van der Waals surface area (Å²) < 4.78 is 0. The minimum Gasteiger partial charge on any atom is -0.281 e. The second kappa shape index (κ2) is 3.68.